The maximum atomic E-state index is 6.19. The highest BCUT2D eigenvalue weighted by Crippen LogP contribution is 2.26. The summed E-state index contributed by atoms with van der Waals surface area (Å²) in [6.45, 7) is 11.0. The van der Waals surface area contributed by atoms with E-state index in [9.17, 15) is 0 Å². The van der Waals surface area contributed by atoms with Crippen LogP contribution in [0.2, 0.25) is 5.28 Å². The Morgan fingerprint density at radius 2 is 1.97 bits per heavy atom. The Labute approximate surface area is 180 Å². The number of aromatic nitrogens is 7. The molecule has 8 nitrogen and oxygen atoms in total. The Bertz CT molecular complexity index is 1190. The van der Waals surface area contributed by atoms with Gasteiger partial charge in [0.05, 0.1) is 23.8 Å². The van der Waals surface area contributed by atoms with Crippen molar-refractivity contribution in [3.63, 3.8) is 0 Å². The van der Waals surface area contributed by atoms with Crippen molar-refractivity contribution in [3.05, 3.63) is 47.9 Å². The number of hydrogen-bond donors (Lipinski definition) is 1. The fourth-order valence-electron chi connectivity index (χ4n) is 3.22. The van der Waals surface area contributed by atoms with E-state index in [4.69, 9.17) is 11.6 Å². The van der Waals surface area contributed by atoms with Gasteiger partial charge in [-0.1, -0.05) is 6.07 Å². The van der Waals surface area contributed by atoms with Gasteiger partial charge >= 0.3 is 0 Å². The topological polar surface area (TPSA) is 86.3 Å². The first-order chi connectivity index (χ1) is 14.2. The van der Waals surface area contributed by atoms with Crippen LogP contribution in [0.15, 0.2) is 37.1 Å². The standard InChI is InChI=1S/C21H25ClN8/c1-13(2)29-12-25-17-18(27-20(22)28-19(17)29)24-9-14-7-6-8-23-16(14)15-10-26-30(11-15)21(3,4)5/h6-8,10-13H,9H2,1-5H3,(H,24,27,28). The SMILES string of the molecule is CC(C)n1cnc2c(NCc3cccnc3-c3cnn(C(C)(C)C)c3)nc(Cl)nc21. The number of hydrogen-bond acceptors (Lipinski definition) is 6. The maximum Gasteiger partial charge on any atom is 0.226 e. The van der Waals surface area contributed by atoms with E-state index in [0.717, 1.165) is 16.8 Å². The minimum Gasteiger partial charge on any atom is -0.364 e. The number of halogens is 1. The third kappa shape index (κ3) is 3.87. The molecule has 1 N–H and O–H groups in total. The molecular formula is C21H25ClN8. The molecule has 0 spiro atoms. The Kier molecular flexibility index (Phi) is 5.19. The van der Waals surface area contributed by atoms with Crippen LogP contribution in [0, 0.1) is 0 Å². The second-order valence-corrected chi connectivity index (χ2v) is 8.81. The highest BCUT2D eigenvalue weighted by atomic mass is 35.5. The molecule has 4 rings (SSSR count). The van der Waals surface area contributed by atoms with Crippen molar-refractivity contribution in [2.75, 3.05) is 5.32 Å². The number of imidazole rings is 1. The third-order valence-electron chi connectivity index (χ3n) is 4.83. The second-order valence-electron chi connectivity index (χ2n) is 8.47. The molecule has 0 fully saturated rings. The van der Waals surface area contributed by atoms with Crippen molar-refractivity contribution in [2.24, 2.45) is 0 Å². The summed E-state index contributed by atoms with van der Waals surface area (Å²) >= 11 is 6.19. The first-order valence-corrected chi connectivity index (χ1v) is 10.2. The summed E-state index contributed by atoms with van der Waals surface area (Å²) in [7, 11) is 0. The number of fused-ring (bicyclic) bond motifs is 1. The lowest BCUT2D eigenvalue weighted by Crippen LogP contribution is -2.21. The lowest BCUT2D eigenvalue weighted by Gasteiger charge is -2.18. The zero-order valence-corrected chi connectivity index (χ0v) is 18.5. The molecule has 0 saturated heterocycles. The summed E-state index contributed by atoms with van der Waals surface area (Å²) < 4.78 is 3.92. The fourth-order valence-corrected chi connectivity index (χ4v) is 3.39. The van der Waals surface area contributed by atoms with E-state index in [-0.39, 0.29) is 16.9 Å². The first-order valence-electron chi connectivity index (χ1n) is 9.87. The Morgan fingerprint density at radius 3 is 2.67 bits per heavy atom. The first kappa shape index (κ1) is 20.3. The Hall–Kier alpha value is -3.00. The van der Waals surface area contributed by atoms with E-state index >= 15 is 0 Å². The molecular weight excluding hydrogens is 400 g/mol. The molecule has 30 heavy (non-hydrogen) atoms. The molecule has 0 amide bonds. The highest BCUT2D eigenvalue weighted by Gasteiger charge is 2.17. The number of nitrogens with one attached hydrogen (secondary N) is 1. The van der Waals surface area contributed by atoms with Crippen LogP contribution in [0.5, 0.6) is 0 Å². The van der Waals surface area contributed by atoms with Gasteiger partial charge in [-0.25, -0.2) is 4.98 Å². The summed E-state index contributed by atoms with van der Waals surface area (Å²) in [6, 6.07) is 4.18. The van der Waals surface area contributed by atoms with Crippen molar-refractivity contribution in [1.82, 2.24) is 34.3 Å². The van der Waals surface area contributed by atoms with Gasteiger partial charge in [-0.05, 0) is 57.8 Å². The van der Waals surface area contributed by atoms with Crippen LogP contribution in [-0.2, 0) is 12.1 Å². The molecule has 4 heterocycles. The quantitative estimate of drug-likeness (QED) is 0.468. The summed E-state index contributed by atoms with van der Waals surface area (Å²) in [5.41, 5.74) is 4.19. The number of rotatable bonds is 5. The monoisotopic (exact) mass is 424 g/mol. The number of nitrogens with zero attached hydrogens (tertiary/aromatic N) is 7. The van der Waals surface area contributed by atoms with Crippen LogP contribution in [0.3, 0.4) is 0 Å². The van der Waals surface area contributed by atoms with Crippen LogP contribution in [0.1, 0.15) is 46.2 Å². The van der Waals surface area contributed by atoms with E-state index in [1.165, 1.54) is 0 Å². The van der Waals surface area contributed by atoms with Gasteiger partial charge in [0.1, 0.15) is 0 Å². The molecule has 4 aromatic heterocycles. The summed E-state index contributed by atoms with van der Waals surface area (Å²) in [5, 5.41) is 8.05. The molecule has 0 unspecified atom stereocenters. The number of pyridine rings is 1. The van der Waals surface area contributed by atoms with Gasteiger partial charge in [0, 0.05) is 30.5 Å². The predicted molar refractivity (Wildman–Crippen MR) is 118 cm³/mol. The van der Waals surface area contributed by atoms with Crippen LogP contribution in [0.25, 0.3) is 22.4 Å². The van der Waals surface area contributed by atoms with Gasteiger partial charge < -0.3 is 9.88 Å². The molecule has 0 saturated carbocycles. The highest BCUT2D eigenvalue weighted by molar-refractivity contribution is 6.28. The maximum absolute atomic E-state index is 6.19. The van der Waals surface area contributed by atoms with E-state index < -0.39 is 0 Å². The van der Waals surface area contributed by atoms with E-state index in [2.05, 4.69) is 65.0 Å². The molecule has 0 aliphatic carbocycles. The summed E-state index contributed by atoms with van der Waals surface area (Å²) in [6.07, 6.45) is 7.43. The largest absolute Gasteiger partial charge is 0.364 e. The molecule has 9 heteroatoms. The van der Waals surface area contributed by atoms with Crippen molar-refractivity contribution in [2.45, 2.75) is 52.7 Å². The van der Waals surface area contributed by atoms with Crippen molar-refractivity contribution >= 4 is 28.6 Å². The molecule has 4 aromatic rings. The minimum atomic E-state index is -0.0933. The van der Waals surface area contributed by atoms with Crippen molar-refractivity contribution in [1.29, 1.82) is 0 Å². The predicted octanol–water partition coefficient (Wildman–Crippen LogP) is 4.69. The fraction of sp³-hybridized carbons (Fsp3) is 0.381. The average Bonchev–Trinajstić information content (AvgIpc) is 3.33. The van der Waals surface area contributed by atoms with Gasteiger partial charge in [-0.2, -0.15) is 15.1 Å². The van der Waals surface area contributed by atoms with Gasteiger partial charge in [0.25, 0.3) is 0 Å². The van der Waals surface area contributed by atoms with Gasteiger partial charge in [-0.15, -0.1) is 0 Å². The van der Waals surface area contributed by atoms with Crippen molar-refractivity contribution in [3.8, 4) is 11.3 Å². The second kappa shape index (κ2) is 7.68. The molecule has 0 atom stereocenters. The zero-order chi connectivity index (χ0) is 21.5. The lowest BCUT2D eigenvalue weighted by atomic mass is 10.1. The van der Waals surface area contributed by atoms with Crippen LogP contribution < -0.4 is 5.32 Å². The van der Waals surface area contributed by atoms with Gasteiger partial charge in [0.15, 0.2) is 17.0 Å². The molecule has 0 bridgehead atoms. The van der Waals surface area contributed by atoms with E-state index in [1.807, 2.05) is 33.8 Å². The third-order valence-corrected chi connectivity index (χ3v) is 5.00. The van der Waals surface area contributed by atoms with Gasteiger partial charge in [-0.3, -0.25) is 9.67 Å². The summed E-state index contributed by atoms with van der Waals surface area (Å²) in [5.74, 6) is 0.601. The lowest BCUT2D eigenvalue weighted by molar-refractivity contribution is 0.355. The summed E-state index contributed by atoms with van der Waals surface area (Å²) in [4.78, 5) is 17.8. The van der Waals surface area contributed by atoms with Crippen LogP contribution in [0.4, 0.5) is 5.82 Å². The van der Waals surface area contributed by atoms with Crippen LogP contribution >= 0.6 is 11.6 Å². The molecule has 0 aliphatic rings. The molecule has 156 valence electrons. The molecule has 0 aromatic carbocycles. The Morgan fingerprint density at radius 1 is 1.17 bits per heavy atom. The minimum absolute atomic E-state index is 0.0933. The Balaban J connectivity index is 1.65. The smallest absolute Gasteiger partial charge is 0.226 e. The molecule has 0 aliphatic heterocycles. The number of anilines is 1. The van der Waals surface area contributed by atoms with E-state index in [1.54, 1.807) is 12.5 Å². The zero-order valence-electron chi connectivity index (χ0n) is 17.8. The van der Waals surface area contributed by atoms with Gasteiger partial charge in [0.2, 0.25) is 5.28 Å². The average molecular weight is 425 g/mol. The van der Waals surface area contributed by atoms with E-state index in [0.29, 0.717) is 23.5 Å². The molecule has 0 radical (unpaired) electrons. The van der Waals surface area contributed by atoms with Crippen LogP contribution in [-0.4, -0.2) is 34.3 Å². The van der Waals surface area contributed by atoms with Crippen molar-refractivity contribution < 1.29 is 0 Å². The normalized spacial score (nSPS) is 12.1.